The number of rotatable bonds is 8. The van der Waals surface area contributed by atoms with E-state index in [1.54, 1.807) is 0 Å². The molecule has 0 spiro atoms. The van der Waals surface area contributed by atoms with Crippen LogP contribution in [0, 0.1) is 12.8 Å². The van der Waals surface area contributed by atoms with Crippen LogP contribution in [0.5, 0.6) is 0 Å². The van der Waals surface area contributed by atoms with Crippen LogP contribution in [-0.4, -0.2) is 28.5 Å². The van der Waals surface area contributed by atoms with E-state index in [0.29, 0.717) is 5.92 Å². The number of aromatic nitrogens is 2. The van der Waals surface area contributed by atoms with Gasteiger partial charge in [-0.05, 0) is 37.9 Å². The van der Waals surface area contributed by atoms with Gasteiger partial charge < -0.3 is 14.8 Å². The third kappa shape index (κ3) is 3.71. The number of hydrogen-bond donors (Lipinski definition) is 3. The molecule has 1 atom stereocenters. The molecule has 0 aliphatic heterocycles. The maximum absolute atomic E-state index is 8.99. The predicted molar refractivity (Wildman–Crippen MR) is 78.2 cm³/mol. The van der Waals surface area contributed by atoms with E-state index in [1.807, 2.05) is 25.3 Å². The summed E-state index contributed by atoms with van der Waals surface area (Å²) in [5.74, 6) is 2.22. The molecule has 2 heterocycles. The molecule has 0 aromatic carbocycles. The molecule has 0 saturated heterocycles. The van der Waals surface area contributed by atoms with Gasteiger partial charge in [0, 0.05) is 18.7 Å². The summed E-state index contributed by atoms with van der Waals surface area (Å²) in [5.41, 5.74) is 2.03. The maximum Gasteiger partial charge on any atom is 0.152 e. The van der Waals surface area contributed by atoms with Gasteiger partial charge in [0.05, 0.1) is 6.20 Å². The van der Waals surface area contributed by atoms with Crippen molar-refractivity contribution in [1.29, 1.82) is 0 Å². The first-order valence-corrected chi connectivity index (χ1v) is 7.15. The van der Waals surface area contributed by atoms with E-state index in [1.165, 1.54) is 0 Å². The van der Waals surface area contributed by atoms with Crippen molar-refractivity contribution in [3.8, 4) is 11.5 Å². The molecule has 2 rings (SSSR count). The van der Waals surface area contributed by atoms with Gasteiger partial charge in [0.15, 0.2) is 5.76 Å². The molecule has 0 fully saturated rings. The van der Waals surface area contributed by atoms with Crippen LogP contribution in [0.4, 0.5) is 0 Å². The Morgan fingerprint density at radius 1 is 1.45 bits per heavy atom. The van der Waals surface area contributed by atoms with Crippen LogP contribution < -0.4 is 5.32 Å². The van der Waals surface area contributed by atoms with E-state index in [-0.39, 0.29) is 6.61 Å². The normalized spacial score (nSPS) is 12.8. The number of furan rings is 1. The van der Waals surface area contributed by atoms with Crippen molar-refractivity contribution in [2.75, 3.05) is 13.2 Å². The molecular formula is C15H23N3O2. The Kier molecular flexibility index (Phi) is 5.38. The number of aromatic amines is 1. The van der Waals surface area contributed by atoms with Gasteiger partial charge in [-0.3, -0.25) is 5.10 Å². The molecular weight excluding hydrogens is 254 g/mol. The highest BCUT2D eigenvalue weighted by molar-refractivity contribution is 5.56. The minimum Gasteiger partial charge on any atom is -0.460 e. The zero-order valence-corrected chi connectivity index (χ0v) is 12.1. The van der Waals surface area contributed by atoms with E-state index in [0.717, 1.165) is 48.7 Å². The Morgan fingerprint density at radius 2 is 2.30 bits per heavy atom. The van der Waals surface area contributed by atoms with Crippen molar-refractivity contribution in [2.45, 2.75) is 33.2 Å². The zero-order valence-electron chi connectivity index (χ0n) is 12.1. The van der Waals surface area contributed by atoms with Crippen LogP contribution in [0.2, 0.25) is 0 Å². The molecule has 5 nitrogen and oxygen atoms in total. The third-order valence-corrected chi connectivity index (χ3v) is 3.57. The Labute approximate surface area is 119 Å². The van der Waals surface area contributed by atoms with E-state index < -0.39 is 0 Å². The number of aliphatic hydroxyl groups is 1. The summed E-state index contributed by atoms with van der Waals surface area (Å²) in [6, 6.07) is 3.90. The summed E-state index contributed by atoms with van der Waals surface area (Å²) in [6.07, 6.45) is 3.75. The van der Waals surface area contributed by atoms with Gasteiger partial charge in [0.25, 0.3) is 0 Å². The van der Waals surface area contributed by atoms with Crippen molar-refractivity contribution in [2.24, 2.45) is 5.92 Å². The lowest BCUT2D eigenvalue weighted by molar-refractivity contribution is 0.251. The standard InChI is InChI=1S/C15H23N3O2/c1-3-12(6-7-19)8-16-9-13-10-17-18-15(13)14-5-4-11(2)20-14/h4-5,10,12,16,19H,3,6-9H2,1-2H3,(H,17,18). The van der Waals surface area contributed by atoms with Crippen LogP contribution in [-0.2, 0) is 6.54 Å². The van der Waals surface area contributed by atoms with Crippen LogP contribution in [0.25, 0.3) is 11.5 Å². The Hall–Kier alpha value is -1.59. The minimum absolute atomic E-state index is 0.253. The van der Waals surface area contributed by atoms with Crippen molar-refractivity contribution in [3.05, 3.63) is 29.7 Å². The predicted octanol–water partition coefficient (Wildman–Crippen LogP) is 2.48. The van der Waals surface area contributed by atoms with Crippen molar-refractivity contribution in [3.63, 3.8) is 0 Å². The SMILES string of the molecule is CCC(CCO)CNCc1cn[nH]c1-c1ccc(C)o1. The molecule has 0 amide bonds. The van der Waals surface area contributed by atoms with Crippen LogP contribution >= 0.6 is 0 Å². The second-order valence-electron chi connectivity index (χ2n) is 5.10. The summed E-state index contributed by atoms with van der Waals surface area (Å²) in [5, 5.41) is 19.5. The molecule has 0 aliphatic rings. The number of nitrogens with one attached hydrogen (secondary N) is 2. The van der Waals surface area contributed by atoms with E-state index in [2.05, 4.69) is 22.4 Å². The fourth-order valence-corrected chi connectivity index (χ4v) is 2.27. The van der Waals surface area contributed by atoms with Gasteiger partial charge in [-0.25, -0.2) is 0 Å². The average molecular weight is 277 g/mol. The molecule has 0 saturated carbocycles. The maximum atomic E-state index is 8.99. The molecule has 1 unspecified atom stereocenters. The average Bonchev–Trinajstić information content (AvgIpc) is 3.06. The van der Waals surface area contributed by atoms with Gasteiger partial charge >= 0.3 is 0 Å². The first kappa shape index (κ1) is 14.8. The van der Waals surface area contributed by atoms with E-state index in [4.69, 9.17) is 9.52 Å². The molecule has 2 aromatic rings. The fourth-order valence-electron chi connectivity index (χ4n) is 2.27. The molecule has 2 aromatic heterocycles. The Bertz CT molecular complexity index is 519. The number of aryl methyl sites for hydroxylation is 1. The lowest BCUT2D eigenvalue weighted by Crippen LogP contribution is -2.23. The minimum atomic E-state index is 0.253. The monoisotopic (exact) mass is 277 g/mol. The number of H-pyrrole nitrogens is 1. The first-order valence-electron chi connectivity index (χ1n) is 7.15. The fraction of sp³-hybridized carbons (Fsp3) is 0.533. The van der Waals surface area contributed by atoms with E-state index in [9.17, 15) is 0 Å². The Morgan fingerprint density at radius 3 is 2.95 bits per heavy atom. The highest BCUT2D eigenvalue weighted by Crippen LogP contribution is 2.23. The number of hydrogen-bond acceptors (Lipinski definition) is 4. The van der Waals surface area contributed by atoms with Crippen LogP contribution in [0.1, 0.15) is 31.1 Å². The van der Waals surface area contributed by atoms with Crippen molar-refractivity contribution in [1.82, 2.24) is 15.5 Å². The lowest BCUT2D eigenvalue weighted by Gasteiger charge is -2.14. The summed E-state index contributed by atoms with van der Waals surface area (Å²) >= 11 is 0. The summed E-state index contributed by atoms with van der Waals surface area (Å²) < 4.78 is 5.62. The van der Waals surface area contributed by atoms with Gasteiger partial charge in [-0.1, -0.05) is 13.3 Å². The van der Waals surface area contributed by atoms with Crippen LogP contribution in [0.15, 0.2) is 22.7 Å². The Balaban J connectivity index is 1.92. The molecule has 0 bridgehead atoms. The molecule has 5 heteroatoms. The van der Waals surface area contributed by atoms with Gasteiger partial charge in [0.1, 0.15) is 11.5 Å². The van der Waals surface area contributed by atoms with Gasteiger partial charge in [-0.2, -0.15) is 5.10 Å². The second-order valence-corrected chi connectivity index (χ2v) is 5.10. The molecule has 0 aliphatic carbocycles. The highest BCUT2D eigenvalue weighted by atomic mass is 16.3. The topological polar surface area (TPSA) is 74.1 Å². The molecule has 0 radical (unpaired) electrons. The van der Waals surface area contributed by atoms with Crippen molar-refractivity contribution >= 4 is 0 Å². The van der Waals surface area contributed by atoms with E-state index >= 15 is 0 Å². The van der Waals surface area contributed by atoms with Crippen molar-refractivity contribution < 1.29 is 9.52 Å². The largest absolute Gasteiger partial charge is 0.460 e. The number of nitrogens with zero attached hydrogens (tertiary/aromatic N) is 1. The quantitative estimate of drug-likeness (QED) is 0.693. The zero-order chi connectivity index (χ0) is 14.4. The molecule has 20 heavy (non-hydrogen) atoms. The number of aliphatic hydroxyl groups excluding tert-OH is 1. The second kappa shape index (κ2) is 7.26. The molecule has 110 valence electrons. The summed E-state index contributed by atoms with van der Waals surface area (Å²) in [7, 11) is 0. The van der Waals surface area contributed by atoms with Crippen LogP contribution in [0.3, 0.4) is 0 Å². The lowest BCUT2D eigenvalue weighted by atomic mass is 10.0. The van der Waals surface area contributed by atoms with Gasteiger partial charge in [-0.15, -0.1) is 0 Å². The third-order valence-electron chi connectivity index (χ3n) is 3.57. The molecule has 3 N–H and O–H groups in total. The summed E-state index contributed by atoms with van der Waals surface area (Å²) in [4.78, 5) is 0. The smallest absolute Gasteiger partial charge is 0.152 e. The highest BCUT2D eigenvalue weighted by Gasteiger charge is 2.11. The first-order chi connectivity index (χ1) is 9.74. The van der Waals surface area contributed by atoms with Gasteiger partial charge in [0.2, 0.25) is 0 Å². The summed E-state index contributed by atoms with van der Waals surface area (Å²) in [6.45, 7) is 5.98.